The van der Waals surface area contributed by atoms with Crippen molar-refractivity contribution in [2.45, 2.75) is 11.3 Å². The first-order valence-electron chi connectivity index (χ1n) is 8.12. The maximum Gasteiger partial charge on any atom is 0.246 e. The molecular formula is C16H20N2O5S. The maximum absolute atomic E-state index is 13.1. The van der Waals surface area contributed by atoms with Gasteiger partial charge in [0.1, 0.15) is 18.1 Å². The Morgan fingerprint density at radius 2 is 1.96 bits per heavy atom. The number of rotatable bonds is 2. The van der Waals surface area contributed by atoms with Crippen LogP contribution in [0.15, 0.2) is 23.1 Å². The van der Waals surface area contributed by atoms with E-state index in [4.69, 9.17) is 9.47 Å². The lowest BCUT2D eigenvalue weighted by atomic mass is 9.88. The highest BCUT2D eigenvalue weighted by Gasteiger charge is 2.46. The van der Waals surface area contributed by atoms with Crippen molar-refractivity contribution in [3.63, 3.8) is 0 Å². The second-order valence-electron chi connectivity index (χ2n) is 6.52. The third kappa shape index (κ3) is 2.36. The van der Waals surface area contributed by atoms with Crippen molar-refractivity contribution < 1.29 is 22.7 Å². The second-order valence-corrected chi connectivity index (χ2v) is 8.42. The van der Waals surface area contributed by atoms with Gasteiger partial charge in [-0.15, -0.1) is 0 Å². The van der Waals surface area contributed by atoms with Crippen LogP contribution in [0.2, 0.25) is 0 Å². The van der Waals surface area contributed by atoms with Crippen molar-refractivity contribution in [3.8, 4) is 11.5 Å². The molecule has 0 aliphatic carbocycles. The molecule has 0 aromatic heterocycles. The average Bonchev–Trinajstić information content (AvgIpc) is 3.03. The molecular weight excluding hydrogens is 332 g/mol. The summed E-state index contributed by atoms with van der Waals surface area (Å²) in [5, 5.41) is 0. The van der Waals surface area contributed by atoms with E-state index in [1.165, 1.54) is 4.31 Å². The Morgan fingerprint density at radius 1 is 1.17 bits per heavy atom. The van der Waals surface area contributed by atoms with E-state index in [0.29, 0.717) is 32.1 Å². The first-order chi connectivity index (χ1) is 11.5. The van der Waals surface area contributed by atoms with Crippen molar-refractivity contribution in [2.75, 3.05) is 39.9 Å². The van der Waals surface area contributed by atoms with Gasteiger partial charge in [0.25, 0.3) is 0 Å². The highest BCUT2D eigenvalue weighted by atomic mass is 32.2. The van der Waals surface area contributed by atoms with Gasteiger partial charge in [-0.25, -0.2) is 8.42 Å². The zero-order valence-corrected chi connectivity index (χ0v) is 14.3. The molecule has 0 unspecified atom stereocenters. The van der Waals surface area contributed by atoms with E-state index in [9.17, 15) is 13.2 Å². The molecule has 1 amide bonds. The van der Waals surface area contributed by atoms with Crippen molar-refractivity contribution in [1.82, 2.24) is 9.21 Å². The molecule has 0 bridgehead atoms. The molecule has 3 aliphatic rings. The van der Waals surface area contributed by atoms with E-state index in [0.717, 1.165) is 6.42 Å². The number of benzene rings is 1. The molecule has 4 rings (SSSR count). The molecule has 3 heterocycles. The van der Waals surface area contributed by atoms with Gasteiger partial charge < -0.3 is 14.4 Å². The minimum absolute atomic E-state index is 0.0404. The maximum atomic E-state index is 13.1. The molecule has 8 heteroatoms. The van der Waals surface area contributed by atoms with Crippen LogP contribution in [-0.2, 0) is 14.8 Å². The molecule has 1 aromatic rings. The SMILES string of the molecule is CN1CC[C@@H]2CN(S(=O)(=O)c3cccc4c3OCCO4)C[C@@H]2C1=O. The van der Waals surface area contributed by atoms with Gasteiger partial charge in [-0.05, 0) is 24.5 Å². The smallest absolute Gasteiger partial charge is 0.246 e. The predicted molar refractivity (Wildman–Crippen MR) is 85.4 cm³/mol. The fourth-order valence-corrected chi connectivity index (χ4v) is 5.41. The summed E-state index contributed by atoms with van der Waals surface area (Å²) >= 11 is 0. The molecule has 7 nitrogen and oxygen atoms in total. The third-order valence-corrected chi connectivity index (χ3v) is 6.94. The van der Waals surface area contributed by atoms with Crippen LogP contribution in [-0.4, -0.2) is 63.4 Å². The monoisotopic (exact) mass is 352 g/mol. The number of hydrogen-bond acceptors (Lipinski definition) is 5. The summed E-state index contributed by atoms with van der Waals surface area (Å²) in [7, 11) is -1.95. The van der Waals surface area contributed by atoms with Crippen LogP contribution in [0, 0.1) is 11.8 Å². The van der Waals surface area contributed by atoms with Crippen molar-refractivity contribution in [2.24, 2.45) is 11.8 Å². The van der Waals surface area contributed by atoms with Gasteiger partial charge in [-0.2, -0.15) is 4.31 Å². The van der Waals surface area contributed by atoms with Gasteiger partial charge in [-0.1, -0.05) is 6.07 Å². The van der Waals surface area contributed by atoms with Crippen LogP contribution >= 0.6 is 0 Å². The van der Waals surface area contributed by atoms with Crippen LogP contribution in [0.3, 0.4) is 0 Å². The van der Waals surface area contributed by atoms with Gasteiger partial charge >= 0.3 is 0 Å². The van der Waals surface area contributed by atoms with Crippen molar-refractivity contribution in [3.05, 3.63) is 18.2 Å². The van der Waals surface area contributed by atoms with Crippen LogP contribution in [0.4, 0.5) is 0 Å². The van der Waals surface area contributed by atoms with Crippen molar-refractivity contribution >= 4 is 15.9 Å². The summed E-state index contributed by atoms with van der Waals surface area (Å²) < 4.78 is 38.7. The normalized spacial score (nSPS) is 27.2. The van der Waals surface area contributed by atoms with E-state index < -0.39 is 10.0 Å². The van der Waals surface area contributed by atoms with Crippen LogP contribution in [0.1, 0.15) is 6.42 Å². The Hall–Kier alpha value is -1.80. The molecule has 0 radical (unpaired) electrons. The van der Waals surface area contributed by atoms with Gasteiger partial charge in [-0.3, -0.25) is 4.79 Å². The minimum atomic E-state index is -3.72. The zero-order chi connectivity index (χ0) is 16.9. The van der Waals surface area contributed by atoms with Gasteiger partial charge in [0.05, 0.1) is 5.92 Å². The Bertz CT molecular complexity index is 779. The molecule has 24 heavy (non-hydrogen) atoms. The van der Waals surface area contributed by atoms with E-state index >= 15 is 0 Å². The van der Waals surface area contributed by atoms with Crippen LogP contribution < -0.4 is 9.47 Å². The third-order valence-electron chi connectivity index (χ3n) is 5.08. The molecule has 1 aromatic carbocycles. The number of ether oxygens (including phenoxy) is 2. The van der Waals surface area contributed by atoms with Crippen molar-refractivity contribution in [1.29, 1.82) is 0 Å². The largest absolute Gasteiger partial charge is 0.486 e. The lowest BCUT2D eigenvalue weighted by Gasteiger charge is -2.30. The number of para-hydroxylation sites is 1. The number of hydrogen-bond donors (Lipinski definition) is 0. The standard InChI is InChI=1S/C16H20N2O5S/c1-17-6-5-11-9-18(10-12(11)16(17)19)24(20,21)14-4-2-3-13-15(14)23-8-7-22-13/h2-4,11-12H,5-10H2,1H3/t11-,12+/m1/s1. The lowest BCUT2D eigenvalue weighted by molar-refractivity contribution is -0.137. The fraction of sp³-hybridized carbons (Fsp3) is 0.562. The number of carbonyl (C=O) groups excluding carboxylic acids is 1. The lowest BCUT2D eigenvalue weighted by Crippen LogP contribution is -2.42. The number of amides is 1. The summed E-state index contributed by atoms with van der Waals surface area (Å²) in [6.45, 7) is 2.04. The van der Waals surface area contributed by atoms with E-state index in [2.05, 4.69) is 0 Å². The summed E-state index contributed by atoms with van der Waals surface area (Å²) in [5.74, 6) is 0.630. The quantitative estimate of drug-likeness (QED) is 0.777. The molecule has 2 atom stereocenters. The first kappa shape index (κ1) is 15.7. The molecule has 0 N–H and O–H groups in total. The highest BCUT2D eigenvalue weighted by Crippen LogP contribution is 2.40. The Balaban J connectivity index is 1.66. The topological polar surface area (TPSA) is 76.2 Å². The van der Waals surface area contributed by atoms with Gasteiger partial charge in [0.2, 0.25) is 15.9 Å². The summed E-state index contributed by atoms with van der Waals surface area (Å²) in [4.78, 5) is 14.1. The number of likely N-dealkylation sites (tertiary alicyclic amines) is 1. The first-order valence-corrected chi connectivity index (χ1v) is 9.56. The molecule has 2 saturated heterocycles. The zero-order valence-electron chi connectivity index (χ0n) is 13.5. The molecule has 0 spiro atoms. The summed E-state index contributed by atoms with van der Waals surface area (Å²) in [6, 6.07) is 4.90. The second kappa shape index (κ2) is 5.63. The van der Waals surface area contributed by atoms with Gasteiger partial charge in [0.15, 0.2) is 11.5 Å². The number of piperidine rings is 1. The summed E-state index contributed by atoms with van der Waals surface area (Å²) in [5.41, 5.74) is 0. The van der Waals surface area contributed by atoms with E-state index in [-0.39, 0.29) is 34.9 Å². The number of fused-ring (bicyclic) bond motifs is 2. The Labute approximate surface area is 141 Å². The molecule has 2 fully saturated rings. The van der Waals surface area contributed by atoms with E-state index in [1.807, 2.05) is 0 Å². The number of nitrogens with zero attached hydrogens (tertiary/aromatic N) is 2. The fourth-order valence-electron chi connectivity index (χ4n) is 3.74. The highest BCUT2D eigenvalue weighted by molar-refractivity contribution is 7.89. The van der Waals surface area contributed by atoms with E-state index in [1.54, 1.807) is 30.1 Å². The molecule has 0 saturated carbocycles. The Kier molecular flexibility index (Phi) is 3.69. The van der Waals surface area contributed by atoms with Crippen LogP contribution in [0.25, 0.3) is 0 Å². The molecule has 130 valence electrons. The van der Waals surface area contributed by atoms with Crippen LogP contribution in [0.5, 0.6) is 11.5 Å². The number of sulfonamides is 1. The minimum Gasteiger partial charge on any atom is -0.486 e. The Morgan fingerprint density at radius 3 is 2.79 bits per heavy atom. The number of carbonyl (C=O) groups is 1. The molecule has 3 aliphatic heterocycles. The summed E-state index contributed by atoms with van der Waals surface area (Å²) in [6.07, 6.45) is 0.839. The predicted octanol–water partition coefficient (Wildman–Crippen LogP) is 0.557. The van der Waals surface area contributed by atoms with Gasteiger partial charge in [0, 0.05) is 26.7 Å². The average molecular weight is 352 g/mol.